The van der Waals surface area contributed by atoms with Gasteiger partial charge in [-0.05, 0) is 57.3 Å². The highest BCUT2D eigenvalue weighted by Gasteiger charge is 2.47. The number of unbranched alkanes of at least 4 members (excludes halogenated alkanes) is 1. The normalized spacial score (nSPS) is 32.2. The SMILES string of the molecule is CC(C)(C)CCCCC1C[C@H]2C[C@@H]1CN2C(C)(C)C. The summed E-state index contributed by atoms with van der Waals surface area (Å²) in [5.74, 6) is 2.06. The van der Waals surface area contributed by atoms with Crippen molar-refractivity contribution in [1.82, 2.24) is 4.90 Å². The monoisotopic (exact) mass is 265 g/mol. The number of rotatable bonds is 4. The van der Waals surface area contributed by atoms with Crippen molar-refractivity contribution in [1.29, 1.82) is 0 Å². The smallest absolute Gasteiger partial charge is 0.0128 e. The lowest BCUT2D eigenvalue weighted by Crippen LogP contribution is -2.47. The average molecular weight is 265 g/mol. The zero-order valence-electron chi connectivity index (χ0n) is 14.1. The van der Waals surface area contributed by atoms with Gasteiger partial charge < -0.3 is 0 Å². The van der Waals surface area contributed by atoms with Crippen LogP contribution in [0.5, 0.6) is 0 Å². The predicted octanol–water partition coefficient (Wildman–Crippen LogP) is 5.10. The Hall–Kier alpha value is -0.0400. The lowest BCUT2D eigenvalue weighted by molar-refractivity contribution is 0.0750. The zero-order valence-corrected chi connectivity index (χ0v) is 14.1. The van der Waals surface area contributed by atoms with E-state index in [4.69, 9.17) is 0 Å². The molecule has 1 saturated heterocycles. The highest BCUT2D eigenvalue weighted by atomic mass is 15.2. The Kier molecular flexibility index (Phi) is 4.35. The van der Waals surface area contributed by atoms with E-state index >= 15 is 0 Å². The van der Waals surface area contributed by atoms with E-state index in [0.29, 0.717) is 11.0 Å². The number of hydrogen-bond acceptors (Lipinski definition) is 1. The van der Waals surface area contributed by atoms with Crippen LogP contribution in [0.25, 0.3) is 0 Å². The van der Waals surface area contributed by atoms with Crippen molar-refractivity contribution >= 4 is 0 Å². The van der Waals surface area contributed by atoms with E-state index in [1.807, 2.05) is 0 Å². The van der Waals surface area contributed by atoms with Crippen LogP contribution >= 0.6 is 0 Å². The van der Waals surface area contributed by atoms with Gasteiger partial charge in [-0.1, -0.05) is 40.0 Å². The molecule has 0 N–H and O–H groups in total. The summed E-state index contributed by atoms with van der Waals surface area (Å²) in [7, 11) is 0. The van der Waals surface area contributed by atoms with Gasteiger partial charge in [-0.25, -0.2) is 0 Å². The summed E-state index contributed by atoms with van der Waals surface area (Å²) in [5.41, 5.74) is 0.911. The Morgan fingerprint density at radius 3 is 2.11 bits per heavy atom. The van der Waals surface area contributed by atoms with E-state index in [9.17, 15) is 0 Å². The highest BCUT2D eigenvalue weighted by molar-refractivity contribution is 5.00. The third-order valence-corrected chi connectivity index (χ3v) is 5.30. The molecule has 0 aromatic carbocycles. The maximum absolute atomic E-state index is 2.77. The van der Waals surface area contributed by atoms with Crippen LogP contribution in [0.15, 0.2) is 0 Å². The molecule has 3 atom stereocenters. The number of fused-ring (bicyclic) bond motifs is 2. The summed E-state index contributed by atoms with van der Waals surface area (Å²) < 4.78 is 0. The van der Waals surface area contributed by atoms with Crippen molar-refractivity contribution in [2.75, 3.05) is 6.54 Å². The van der Waals surface area contributed by atoms with E-state index in [1.165, 1.54) is 45.1 Å². The summed E-state index contributed by atoms with van der Waals surface area (Å²) in [5, 5.41) is 0. The Morgan fingerprint density at radius 1 is 0.947 bits per heavy atom. The Labute approximate surface area is 121 Å². The first-order valence-electron chi connectivity index (χ1n) is 8.43. The molecule has 0 aromatic heterocycles. The molecule has 0 radical (unpaired) electrons. The van der Waals surface area contributed by atoms with Crippen LogP contribution in [0.4, 0.5) is 0 Å². The molecule has 112 valence electrons. The van der Waals surface area contributed by atoms with Crippen molar-refractivity contribution in [3.05, 3.63) is 0 Å². The molecular formula is C18H35N. The number of piperidine rings is 1. The van der Waals surface area contributed by atoms with Crippen molar-refractivity contribution in [2.24, 2.45) is 17.3 Å². The molecule has 0 spiro atoms. The Balaban J connectivity index is 1.70. The van der Waals surface area contributed by atoms with Crippen LogP contribution in [0.1, 0.15) is 80.1 Å². The van der Waals surface area contributed by atoms with Gasteiger partial charge in [-0.15, -0.1) is 0 Å². The van der Waals surface area contributed by atoms with Gasteiger partial charge in [0.25, 0.3) is 0 Å². The second-order valence-corrected chi connectivity index (χ2v) is 9.28. The van der Waals surface area contributed by atoms with Crippen LogP contribution in [-0.2, 0) is 0 Å². The van der Waals surface area contributed by atoms with Crippen LogP contribution in [0.3, 0.4) is 0 Å². The van der Waals surface area contributed by atoms with E-state index in [0.717, 1.165) is 17.9 Å². The van der Waals surface area contributed by atoms with E-state index in [1.54, 1.807) is 0 Å². The fourth-order valence-electron chi connectivity index (χ4n) is 4.30. The third-order valence-electron chi connectivity index (χ3n) is 5.30. The van der Waals surface area contributed by atoms with E-state index in [-0.39, 0.29) is 0 Å². The lowest BCUT2D eigenvalue weighted by atomic mass is 9.85. The minimum absolute atomic E-state index is 0.386. The first-order valence-corrected chi connectivity index (χ1v) is 8.43. The van der Waals surface area contributed by atoms with Gasteiger partial charge in [0.1, 0.15) is 0 Å². The molecule has 0 amide bonds. The van der Waals surface area contributed by atoms with Gasteiger partial charge in [-0.2, -0.15) is 0 Å². The molecule has 2 fully saturated rings. The van der Waals surface area contributed by atoms with Gasteiger partial charge in [0.2, 0.25) is 0 Å². The molecular weight excluding hydrogens is 230 g/mol. The number of likely N-dealkylation sites (tertiary alicyclic amines) is 1. The standard InChI is InChI=1S/C18H35N/c1-17(2,3)10-8-7-9-14-11-16-12-15(14)13-19(16)18(4,5)6/h14-16H,7-13H2,1-6H3/t14?,15-,16+/m1/s1. The molecule has 2 aliphatic rings. The third kappa shape index (κ3) is 3.97. The van der Waals surface area contributed by atoms with Crippen molar-refractivity contribution in [3.63, 3.8) is 0 Å². The van der Waals surface area contributed by atoms with Gasteiger partial charge in [-0.3, -0.25) is 4.90 Å². The Bertz CT molecular complexity index is 294. The second kappa shape index (κ2) is 5.39. The molecule has 1 heteroatoms. The predicted molar refractivity (Wildman–Crippen MR) is 84.4 cm³/mol. The molecule has 19 heavy (non-hydrogen) atoms. The molecule has 1 nitrogen and oxygen atoms in total. The van der Waals surface area contributed by atoms with Gasteiger partial charge in [0.15, 0.2) is 0 Å². The van der Waals surface area contributed by atoms with Crippen LogP contribution in [0.2, 0.25) is 0 Å². The number of hydrogen-bond donors (Lipinski definition) is 0. The van der Waals surface area contributed by atoms with Crippen molar-refractivity contribution < 1.29 is 0 Å². The minimum Gasteiger partial charge on any atom is -0.295 e. The van der Waals surface area contributed by atoms with E-state index in [2.05, 4.69) is 46.4 Å². The maximum Gasteiger partial charge on any atom is 0.0128 e. The van der Waals surface area contributed by atoms with Crippen molar-refractivity contribution in [2.45, 2.75) is 91.6 Å². The molecule has 1 saturated carbocycles. The fraction of sp³-hybridized carbons (Fsp3) is 1.00. The average Bonchev–Trinajstić information content (AvgIpc) is 2.80. The van der Waals surface area contributed by atoms with Crippen LogP contribution in [0, 0.1) is 17.3 Å². The lowest BCUT2D eigenvalue weighted by Gasteiger charge is -2.41. The quantitative estimate of drug-likeness (QED) is 0.639. The highest BCUT2D eigenvalue weighted by Crippen LogP contribution is 2.46. The van der Waals surface area contributed by atoms with Gasteiger partial charge >= 0.3 is 0 Å². The molecule has 1 aliphatic heterocycles. The molecule has 0 aromatic rings. The minimum atomic E-state index is 0.386. The summed E-state index contributed by atoms with van der Waals surface area (Å²) in [6, 6.07) is 0.901. The topological polar surface area (TPSA) is 3.24 Å². The molecule has 2 rings (SSSR count). The van der Waals surface area contributed by atoms with Gasteiger partial charge in [0.05, 0.1) is 0 Å². The first kappa shape index (κ1) is 15.4. The summed E-state index contributed by atoms with van der Waals surface area (Å²) in [4.78, 5) is 2.77. The first-order chi connectivity index (χ1) is 8.67. The summed E-state index contributed by atoms with van der Waals surface area (Å²) in [6.45, 7) is 15.6. The summed E-state index contributed by atoms with van der Waals surface area (Å²) in [6.07, 6.45) is 8.75. The fourth-order valence-corrected chi connectivity index (χ4v) is 4.30. The number of nitrogens with zero attached hydrogens (tertiary/aromatic N) is 1. The molecule has 2 bridgehead atoms. The largest absolute Gasteiger partial charge is 0.295 e. The molecule has 1 unspecified atom stereocenters. The van der Waals surface area contributed by atoms with Gasteiger partial charge in [0, 0.05) is 18.1 Å². The molecule has 1 heterocycles. The Morgan fingerprint density at radius 2 is 1.63 bits per heavy atom. The summed E-state index contributed by atoms with van der Waals surface area (Å²) >= 11 is 0. The second-order valence-electron chi connectivity index (χ2n) is 9.28. The van der Waals surface area contributed by atoms with Crippen molar-refractivity contribution in [3.8, 4) is 0 Å². The van der Waals surface area contributed by atoms with Crippen LogP contribution < -0.4 is 0 Å². The zero-order chi connectivity index (χ0) is 14.3. The molecule has 1 aliphatic carbocycles. The van der Waals surface area contributed by atoms with Crippen LogP contribution in [-0.4, -0.2) is 23.0 Å². The van der Waals surface area contributed by atoms with E-state index < -0.39 is 0 Å². The maximum atomic E-state index is 2.77.